The van der Waals surface area contributed by atoms with E-state index in [1.54, 1.807) is 6.07 Å². The minimum absolute atomic E-state index is 0. The maximum atomic E-state index is 13.3. The van der Waals surface area contributed by atoms with Gasteiger partial charge in [0.1, 0.15) is 0 Å². The molecule has 2 rings (SSSR count). The van der Waals surface area contributed by atoms with E-state index in [1.807, 2.05) is 7.05 Å². The number of piperidine rings is 1. The third kappa shape index (κ3) is 4.14. The number of hydrogen-bond donors (Lipinski definition) is 1. The van der Waals surface area contributed by atoms with Crippen molar-refractivity contribution in [2.45, 2.75) is 25.8 Å². The summed E-state index contributed by atoms with van der Waals surface area (Å²) < 4.78 is 26.2. The largest absolute Gasteiger partial charge is 0.319 e. The molecule has 1 aliphatic heterocycles. The molecule has 5 heteroatoms. The van der Waals surface area contributed by atoms with Crippen molar-refractivity contribution in [1.82, 2.24) is 10.2 Å². The predicted molar refractivity (Wildman–Crippen MR) is 80.2 cm³/mol. The highest BCUT2D eigenvalue weighted by Crippen LogP contribution is 2.27. The summed E-state index contributed by atoms with van der Waals surface area (Å²) in [6, 6.07) is 4.36. The molecule has 0 amide bonds. The summed E-state index contributed by atoms with van der Waals surface area (Å²) in [6.07, 6.45) is 2.32. The van der Waals surface area contributed by atoms with Gasteiger partial charge >= 0.3 is 0 Å². The van der Waals surface area contributed by atoms with Gasteiger partial charge in [-0.05, 0) is 70.1 Å². The first-order chi connectivity index (χ1) is 9.11. The minimum Gasteiger partial charge on any atom is -0.319 e. The molecule has 0 spiro atoms. The van der Waals surface area contributed by atoms with Gasteiger partial charge in [0.15, 0.2) is 11.6 Å². The zero-order chi connectivity index (χ0) is 13.8. The van der Waals surface area contributed by atoms with Crippen LogP contribution >= 0.6 is 12.4 Å². The normalized spacial score (nSPS) is 18.6. The predicted octanol–water partition coefficient (Wildman–Crippen LogP) is 3.38. The Bertz CT molecular complexity index is 420. The van der Waals surface area contributed by atoms with E-state index in [2.05, 4.69) is 17.1 Å². The average Bonchev–Trinajstić information content (AvgIpc) is 2.42. The number of hydrogen-bond acceptors (Lipinski definition) is 2. The Hall–Kier alpha value is -0.710. The number of nitrogens with one attached hydrogen (secondary N) is 1. The van der Waals surface area contributed by atoms with Crippen molar-refractivity contribution in [2.75, 3.05) is 26.7 Å². The van der Waals surface area contributed by atoms with Gasteiger partial charge in [0, 0.05) is 6.04 Å². The molecule has 1 N–H and O–H groups in total. The lowest BCUT2D eigenvalue weighted by atomic mass is 9.94. The van der Waals surface area contributed by atoms with Crippen LogP contribution in [0.5, 0.6) is 0 Å². The van der Waals surface area contributed by atoms with Crippen LogP contribution in [-0.2, 0) is 0 Å². The lowest BCUT2D eigenvalue weighted by Gasteiger charge is -2.36. The van der Waals surface area contributed by atoms with Crippen molar-refractivity contribution in [3.63, 3.8) is 0 Å². The SMILES string of the molecule is CNCC1CCN(C(C)c2ccc(F)c(F)c2)CC1.Cl. The van der Waals surface area contributed by atoms with Gasteiger partial charge in [-0.15, -0.1) is 12.4 Å². The van der Waals surface area contributed by atoms with Gasteiger partial charge in [0.05, 0.1) is 0 Å². The highest BCUT2D eigenvalue weighted by molar-refractivity contribution is 5.85. The summed E-state index contributed by atoms with van der Waals surface area (Å²) in [5.41, 5.74) is 0.853. The number of rotatable bonds is 4. The van der Waals surface area contributed by atoms with Crippen LogP contribution in [0, 0.1) is 17.6 Å². The van der Waals surface area contributed by atoms with Gasteiger partial charge in [0.2, 0.25) is 0 Å². The molecular formula is C15H23ClF2N2. The molecule has 20 heavy (non-hydrogen) atoms. The first kappa shape index (κ1) is 17.3. The van der Waals surface area contributed by atoms with E-state index in [4.69, 9.17) is 0 Å². The Balaban J connectivity index is 0.00000200. The van der Waals surface area contributed by atoms with Crippen LogP contribution < -0.4 is 5.32 Å². The molecule has 0 aromatic heterocycles. The fourth-order valence-electron chi connectivity index (χ4n) is 2.82. The van der Waals surface area contributed by atoms with Crippen LogP contribution in [0.1, 0.15) is 31.4 Å². The monoisotopic (exact) mass is 304 g/mol. The molecule has 0 aliphatic carbocycles. The van der Waals surface area contributed by atoms with Crippen molar-refractivity contribution in [1.29, 1.82) is 0 Å². The van der Waals surface area contributed by atoms with Gasteiger partial charge in [-0.1, -0.05) is 6.07 Å². The van der Waals surface area contributed by atoms with E-state index in [0.29, 0.717) is 0 Å². The van der Waals surface area contributed by atoms with Gasteiger partial charge in [-0.3, -0.25) is 4.90 Å². The number of likely N-dealkylation sites (tertiary alicyclic amines) is 1. The van der Waals surface area contributed by atoms with E-state index in [-0.39, 0.29) is 18.4 Å². The highest BCUT2D eigenvalue weighted by Gasteiger charge is 2.23. The molecule has 1 heterocycles. The number of benzene rings is 1. The molecule has 1 atom stereocenters. The topological polar surface area (TPSA) is 15.3 Å². The summed E-state index contributed by atoms with van der Waals surface area (Å²) in [4.78, 5) is 2.35. The van der Waals surface area contributed by atoms with Crippen LogP contribution in [0.2, 0.25) is 0 Å². The Labute approximate surface area is 126 Å². The first-order valence-electron chi connectivity index (χ1n) is 6.95. The van der Waals surface area contributed by atoms with Crippen LogP contribution in [0.4, 0.5) is 8.78 Å². The van der Waals surface area contributed by atoms with Crippen molar-refractivity contribution in [3.05, 3.63) is 35.4 Å². The van der Waals surface area contributed by atoms with Gasteiger partial charge in [-0.2, -0.15) is 0 Å². The zero-order valence-corrected chi connectivity index (χ0v) is 12.9. The summed E-state index contributed by atoms with van der Waals surface area (Å²) >= 11 is 0. The van der Waals surface area contributed by atoms with Gasteiger partial charge in [0.25, 0.3) is 0 Å². The van der Waals surface area contributed by atoms with Crippen LogP contribution in [0.15, 0.2) is 18.2 Å². The zero-order valence-electron chi connectivity index (χ0n) is 12.0. The maximum absolute atomic E-state index is 13.3. The molecule has 1 fully saturated rings. The fourth-order valence-corrected chi connectivity index (χ4v) is 2.82. The lowest BCUT2D eigenvalue weighted by molar-refractivity contribution is 0.141. The summed E-state index contributed by atoms with van der Waals surface area (Å²) in [5, 5.41) is 3.22. The number of halogens is 3. The smallest absolute Gasteiger partial charge is 0.159 e. The van der Waals surface area contributed by atoms with Gasteiger partial charge < -0.3 is 5.32 Å². The molecule has 2 nitrogen and oxygen atoms in total. The van der Waals surface area contributed by atoms with E-state index in [0.717, 1.165) is 44.0 Å². The number of nitrogens with zero attached hydrogens (tertiary/aromatic N) is 1. The Kier molecular flexibility index (Phi) is 6.86. The van der Waals surface area contributed by atoms with E-state index >= 15 is 0 Å². The van der Waals surface area contributed by atoms with Crippen molar-refractivity contribution in [3.8, 4) is 0 Å². The molecule has 0 radical (unpaired) electrons. The fraction of sp³-hybridized carbons (Fsp3) is 0.600. The quantitative estimate of drug-likeness (QED) is 0.917. The van der Waals surface area contributed by atoms with E-state index in [9.17, 15) is 8.78 Å². The summed E-state index contributed by atoms with van der Waals surface area (Å²) in [7, 11) is 1.98. The average molecular weight is 305 g/mol. The second-order valence-electron chi connectivity index (χ2n) is 5.39. The van der Waals surface area contributed by atoms with Crippen molar-refractivity contribution < 1.29 is 8.78 Å². The molecule has 1 unspecified atom stereocenters. The third-order valence-electron chi connectivity index (χ3n) is 4.12. The molecule has 1 aromatic carbocycles. The molecule has 0 bridgehead atoms. The second-order valence-corrected chi connectivity index (χ2v) is 5.39. The molecule has 1 saturated heterocycles. The lowest BCUT2D eigenvalue weighted by Crippen LogP contribution is -2.38. The molecule has 1 aromatic rings. The molecule has 1 aliphatic rings. The van der Waals surface area contributed by atoms with Gasteiger partial charge in [-0.25, -0.2) is 8.78 Å². The first-order valence-corrected chi connectivity index (χ1v) is 6.95. The van der Waals surface area contributed by atoms with E-state index in [1.165, 1.54) is 12.1 Å². The van der Waals surface area contributed by atoms with Crippen LogP contribution in [0.25, 0.3) is 0 Å². The van der Waals surface area contributed by atoms with Crippen LogP contribution in [0.3, 0.4) is 0 Å². The molecule has 0 saturated carbocycles. The minimum atomic E-state index is -0.774. The van der Waals surface area contributed by atoms with Crippen molar-refractivity contribution in [2.24, 2.45) is 5.92 Å². The standard InChI is InChI=1S/C15H22F2N2.ClH/c1-11(13-3-4-14(16)15(17)9-13)19-7-5-12(6-8-19)10-18-2;/h3-4,9,11-12,18H,5-8,10H2,1-2H3;1H. The summed E-state index contributed by atoms with van der Waals surface area (Å²) in [6.45, 7) is 5.16. The molecule has 114 valence electrons. The Morgan fingerprint density at radius 1 is 1.25 bits per heavy atom. The Morgan fingerprint density at radius 3 is 2.45 bits per heavy atom. The second kappa shape index (κ2) is 7.91. The highest BCUT2D eigenvalue weighted by atomic mass is 35.5. The van der Waals surface area contributed by atoms with E-state index < -0.39 is 11.6 Å². The third-order valence-corrected chi connectivity index (χ3v) is 4.12. The molecular weight excluding hydrogens is 282 g/mol. The summed E-state index contributed by atoms with van der Waals surface area (Å²) in [5.74, 6) is -0.795. The van der Waals surface area contributed by atoms with Crippen LogP contribution in [-0.4, -0.2) is 31.6 Å². The maximum Gasteiger partial charge on any atom is 0.159 e. The Morgan fingerprint density at radius 2 is 1.90 bits per heavy atom. The van der Waals surface area contributed by atoms with Crippen molar-refractivity contribution >= 4 is 12.4 Å².